The van der Waals surface area contributed by atoms with Crippen molar-refractivity contribution in [2.75, 3.05) is 26.0 Å². The van der Waals surface area contributed by atoms with Crippen LogP contribution in [0.3, 0.4) is 0 Å². The van der Waals surface area contributed by atoms with Crippen LogP contribution in [-0.4, -0.2) is 40.5 Å². The number of nitrogens with one attached hydrogen (secondary N) is 2. The Hall–Kier alpha value is -2.57. The Balaban J connectivity index is 1.52. The minimum Gasteiger partial charge on any atom is -0.373 e. The summed E-state index contributed by atoms with van der Waals surface area (Å²) in [6, 6.07) is 12.8. The molecule has 28 heavy (non-hydrogen) atoms. The zero-order valence-corrected chi connectivity index (χ0v) is 16.7. The predicted octanol–water partition coefficient (Wildman–Crippen LogP) is 3.51. The fraction of sp³-hybridized carbons (Fsp3) is 0.409. The van der Waals surface area contributed by atoms with Gasteiger partial charge in [-0.25, -0.2) is 9.97 Å². The molecule has 3 aromatic rings. The number of piperidine rings is 1. The van der Waals surface area contributed by atoms with Crippen LogP contribution in [0.4, 0.5) is 5.82 Å². The van der Waals surface area contributed by atoms with Gasteiger partial charge < -0.3 is 10.6 Å². The van der Waals surface area contributed by atoms with Crippen LogP contribution < -0.4 is 10.6 Å². The van der Waals surface area contributed by atoms with E-state index in [0.717, 1.165) is 48.9 Å². The van der Waals surface area contributed by atoms with Crippen LogP contribution in [0, 0.1) is 0 Å². The van der Waals surface area contributed by atoms with Gasteiger partial charge in [-0.1, -0.05) is 24.6 Å². The van der Waals surface area contributed by atoms with Gasteiger partial charge in [0.1, 0.15) is 11.6 Å². The molecule has 0 aliphatic carbocycles. The number of aromatic nitrogens is 3. The molecule has 0 spiro atoms. The maximum absolute atomic E-state index is 4.88. The third-order valence-electron chi connectivity index (χ3n) is 5.28. The summed E-state index contributed by atoms with van der Waals surface area (Å²) in [4.78, 5) is 16.3. The molecule has 0 saturated carbocycles. The summed E-state index contributed by atoms with van der Waals surface area (Å²) in [6.07, 6.45) is 5.41. The molecule has 2 N–H and O–H groups in total. The Morgan fingerprint density at radius 3 is 2.89 bits per heavy atom. The molecule has 1 fully saturated rings. The lowest BCUT2D eigenvalue weighted by molar-refractivity contribution is 0.314. The first-order valence-corrected chi connectivity index (χ1v) is 10.0. The first-order chi connectivity index (χ1) is 13.7. The van der Waals surface area contributed by atoms with E-state index in [-0.39, 0.29) is 6.04 Å². The van der Waals surface area contributed by atoms with Gasteiger partial charge in [-0.2, -0.15) is 0 Å². The average Bonchev–Trinajstić information content (AvgIpc) is 2.74. The van der Waals surface area contributed by atoms with Crippen LogP contribution in [0.15, 0.2) is 42.6 Å². The van der Waals surface area contributed by atoms with Crippen molar-refractivity contribution >= 4 is 16.7 Å². The summed E-state index contributed by atoms with van der Waals surface area (Å²) < 4.78 is 0. The van der Waals surface area contributed by atoms with E-state index in [4.69, 9.17) is 9.97 Å². The summed E-state index contributed by atoms with van der Waals surface area (Å²) in [5, 5.41) is 7.95. The second kappa shape index (κ2) is 8.63. The highest BCUT2D eigenvalue weighted by Crippen LogP contribution is 2.23. The van der Waals surface area contributed by atoms with Gasteiger partial charge in [0.05, 0.1) is 17.3 Å². The van der Waals surface area contributed by atoms with E-state index in [2.05, 4.69) is 51.8 Å². The second-order valence-corrected chi connectivity index (χ2v) is 7.51. The van der Waals surface area contributed by atoms with E-state index < -0.39 is 0 Å². The molecular formula is C22H28N6. The number of fused-ring (bicyclic) bond motifs is 1. The summed E-state index contributed by atoms with van der Waals surface area (Å²) in [6.45, 7) is 2.66. The average molecular weight is 377 g/mol. The predicted molar refractivity (Wildman–Crippen MR) is 113 cm³/mol. The first-order valence-electron chi connectivity index (χ1n) is 10.0. The van der Waals surface area contributed by atoms with Crippen LogP contribution in [0.2, 0.25) is 0 Å². The first kappa shape index (κ1) is 18.8. The largest absolute Gasteiger partial charge is 0.373 e. The summed E-state index contributed by atoms with van der Waals surface area (Å²) >= 11 is 0. The minimum atomic E-state index is 0.259. The highest BCUT2D eigenvalue weighted by Gasteiger charge is 2.19. The number of benzene rings is 1. The van der Waals surface area contributed by atoms with Crippen LogP contribution in [0.5, 0.6) is 0 Å². The highest BCUT2D eigenvalue weighted by atomic mass is 15.1. The summed E-state index contributed by atoms with van der Waals surface area (Å²) in [7, 11) is 4.05. The molecule has 0 radical (unpaired) electrons. The number of hydrogen-bond acceptors (Lipinski definition) is 6. The molecule has 0 amide bonds. The second-order valence-electron chi connectivity index (χ2n) is 7.51. The van der Waals surface area contributed by atoms with Crippen LogP contribution in [0.1, 0.15) is 42.4 Å². The Bertz CT molecular complexity index is 930. The third-order valence-corrected chi connectivity index (χ3v) is 5.28. The molecule has 0 bridgehead atoms. The minimum absolute atomic E-state index is 0.259. The number of rotatable bonds is 6. The molecule has 0 unspecified atom stereocenters. The van der Waals surface area contributed by atoms with E-state index in [9.17, 15) is 0 Å². The van der Waals surface area contributed by atoms with Crippen LogP contribution >= 0.6 is 0 Å². The van der Waals surface area contributed by atoms with Crippen LogP contribution in [-0.2, 0) is 13.1 Å². The van der Waals surface area contributed by atoms with Crippen molar-refractivity contribution in [3.8, 4) is 0 Å². The van der Waals surface area contributed by atoms with Gasteiger partial charge >= 0.3 is 0 Å². The normalized spacial score (nSPS) is 17.2. The van der Waals surface area contributed by atoms with Gasteiger partial charge in [0.25, 0.3) is 0 Å². The Kier molecular flexibility index (Phi) is 5.78. The summed E-state index contributed by atoms with van der Waals surface area (Å²) in [5.74, 6) is 1.79. The van der Waals surface area contributed by atoms with E-state index in [1.165, 1.54) is 23.8 Å². The smallest absolute Gasteiger partial charge is 0.147 e. The maximum Gasteiger partial charge on any atom is 0.147 e. The Morgan fingerprint density at radius 2 is 2.07 bits per heavy atom. The SMILES string of the molecule is CNc1cc(CN(C)Cc2cccc3ncccc23)nc([C@H]2CCCCN2)n1. The molecule has 1 atom stereocenters. The van der Waals surface area contributed by atoms with Crippen molar-refractivity contribution in [2.45, 2.75) is 38.4 Å². The van der Waals surface area contributed by atoms with Crippen molar-refractivity contribution in [2.24, 2.45) is 0 Å². The lowest BCUT2D eigenvalue weighted by Crippen LogP contribution is -2.29. The Labute approximate surface area is 166 Å². The van der Waals surface area contributed by atoms with Crippen molar-refractivity contribution in [1.82, 2.24) is 25.2 Å². The van der Waals surface area contributed by atoms with Gasteiger partial charge in [-0.15, -0.1) is 0 Å². The maximum atomic E-state index is 4.88. The molecule has 2 aromatic heterocycles. The number of hydrogen-bond donors (Lipinski definition) is 2. The Morgan fingerprint density at radius 1 is 1.14 bits per heavy atom. The van der Waals surface area contributed by atoms with E-state index in [1.807, 2.05) is 25.4 Å². The molecule has 1 aliphatic heterocycles. The van der Waals surface area contributed by atoms with Crippen molar-refractivity contribution in [3.63, 3.8) is 0 Å². The molecule has 3 heterocycles. The number of anilines is 1. The molecule has 6 heteroatoms. The number of pyridine rings is 1. The zero-order valence-electron chi connectivity index (χ0n) is 16.7. The molecular weight excluding hydrogens is 348 g/mol. The highest BCUT2D eigenvalue weighted by molar-refractivity contribution is 5.81. The lowest BCUT2D eigenvalue weighted by Gasteiger charge is -2.24. The molecule has 4 rings (SSSR count). The third kappa shape index (κ3) is 4.29. The molecule has 6 nitrogen and oxygen atoms in total. The van der Waals surface area contributed by atoms with Crippen molar-refractivity contribution in [1.29, 1.82) is 0 Å². The van der Waals surface area contributed by atoms with Gasteiger partial charge in [-0.05, 0) is 44.1 Å². The summed E-state index contributed by atoms with van der Waals surface area (Å²) in [5.41, 5.74) is 3.37. The number of nitrogens with zero attached hydrogens (tertiary/aromatic N) is 4. The monoisotopic (exact) mass is 376 g/mol. The zero-order chi connectivity index (χ0) is 19.3. The molecule has 1 saturated heterocycles. The van der Waals surface area contributed by atoms with Gasteiger partial charge in [0, 0.05) is 37.8 Å². The molecule has 1 aromatic carbocycles. The van der Waals surface area contributed by atoms with Gasteiger partial charge in [-0.3, -0.25) is 9.88 Å². The molecule has 1 aliphatic rings. The van der Waals surface area contributed by atoms with E-state index in [0.29, 0.717) is 0 Å². The van der Waals surface area contributed by atoms with Crippen LogP contribution in [0.25, 0.3) is 10.9 Å². The van der Waals surface area contributed by atoms with Gasteiger partial charge in [0.15, 0.2) is 0 Å². The topological polar surface area (TPSA) is 66.0 Å². The van der Waals surface area contributed by atoms with Crippen molar-refractivity contribution < 1.29 is 0 Å². The standard InChI is InChI=1S/C22H28N6/c1-23-21-13-17(26-22(27-21)20-9-3-4-11-25-20)15-28(2)14-16-7-5-10-19-18(16)8-6-12-24-19/h5-8,10,12-13,20,25H,3-4,9,11,14-15H2,1-2H3,(H,23,26,27)/t20-/m1/s1. The van der Waals surface area contributed by atoms with E-state index in [1.54, 1.807) is 0 Å². The van der Waals surface area contributed by atoms with Crippen molar-refractivity contribution in [3.05, 3.63) is 59.7 Å². The molecule has 146 valence electrons. The van der Waals surface area contributed by atoms with Gasteiger partial charge in [0.2, 0.25) is 0 Å². The van der Waals surface area contributed by atoms with E-state index >= 15 is 0 Å². The lowest BCUT2D eigenvalue weighted by atomic mass is 10.0. The fourth-order valence-electron chi connectivity index (χ4n) is 3.88. The fourth-order valence-corrected chi connectivity index (χ4v) is 3.88. The quantitative estimate of drug-likeness (QED) is 0.686.